The van der Waals surface area contributed by atoms with Crippen molar-refractivity contribution in [1.29, 1.82) is 0 Å². The summed E-state index contributed by atoms with van der Waals surface area (Å²) in [5, 5.41) is 13.5. The molecule has 7 saturated heterocycles. The Morgan fingerprint density at radius 3 is 0.924 bits per heavy atom. The van der Waals surface area contributed by atoms with Gasteiger partial charge < -0.3 is 95.4 Å². The summed E-state index contributed by atoms with van der Waals surface area (Å²) in [5.41, 5.74) is 8.20. The fourth-order valence-electron chi connectivity index (χ4n) is 27.2. The number of hydrogen-bond donors (Lipinski definition) is 2. The molecule has 30 heteroatoms. The van der Waals surface area contributed by atoms with E-state index in [-0.39, 0.29) is 129 Å². The number of carbonyl (C=O) groups is 6. The van der Waals surface area contributed by atoms with Gasteiger partial charge in [0.1, 0.15) is 92.6 Å². The lowest BCUT2D eigenvalue weighted by Crippen LogP contribution is -2.65. The van der Waals surface area contributed by atoms with Gasteiger partial charge in [0.05, 0.1) is 73.0 Å². The van der Waals surface area contributed by atoms with E-state index < -0.39 is 40.3 Å². The summed E-state index contributed by atoms with van der Waals surface area (Å²) in [6.45, 7) is 63.2. The highest BCUT2D eigenvalue weighted by Gasteiger charge is 2.72. The molecule has 16 atom stereocenters. The number of carbonyl (C=O) groups excluding carboxylic acids is 6. The Kier molecular flexibility index (Phi) is 29.7. The number of aromatic hydroxyl groups is 1. The predicted octanol–water partition coefficient (Wildman–Crippen LogP) is 20.9. The molecule has 24 rings (SSSR count). The van der Waals surface area contributed by atoms with Gasteiger partial charge in [0, 0.05) is 20.0 Å². The predicted molar refractivity (Wildman–Crippen MR) is 558 cm³/mol. The largest absolute Gasteiger partial charge is 0.507 e. The molecule has 2 amide bonds. The van der Waals surface area contributed by atoms with Gasteiger partial charge in [-0.2, -0.15) is 0 Å². The summed E-state index contributed by atoms with van der Waals surface area (Å²) in [6, 6.07) is 24.8. The number of esters is 4. The van der Waals surface area contributed by atoms with Crippen LogP contribution in [0.4, 0.5) is 4.79 Å². The molecule has 19 aliphatic rings. The Balaban J connectivity index is 0.000000134. The van der Waals surface area contributed by atoms with Crippen LogP contribution in [0.5, 0.6) is 23.0 Å². The minimum Gasteiger partial charge on any atom is -0.507 e. The first kappa shape index (κ1) is 108. The standard InChI is InChI=1S/C35H46BNO7.C29H42BNO6.C27H40BNO5.C24H35BO5/c1-22-24(15-16-36-43-29-18-25-17-28(34(25,5)6)35(29,7)44-36)13-14-27(30(22)31(38)42-33(2,3)4)41-26-19-37(20-26)32(39)40-21-23-11-9-8-10-12-23;1-17-19(11-12-30-36-24-14-20-13-23(28(20,6)7)29(24,8)37-30)9-10-22(25(17)26(33)35-27(3,4)5)34-21-15-31(16-21)18(2)32;1-16-17(8-9-20(31-19-14-29-15-19)23(16)24(30)32-25(2,3)4)10-11-28-33-22-13-18-12-21(26(18,5)6)27(22,7)34-28;1-14-15(8-9-17(26)20(14)21(27)28-22(2,3)4)10-11-25-29-19-13-16-12-18(23(16,5)6)24(19,7)30-25/h8-14,25-26,28-29H,15-21H2,1-7H3;9-10,20-21,23-24H,11-16H2,1-8H3;8-9,18-19,21-22,29H,10-15H2,1-7H3;8-9,16,18-19,26H,10-13H2,1-7H3/t25-,28-,29+,35-;20-,23-,24+,29-;18-,21-,22+,27-;16-,18-,19+,24-/m0000/s1. The summed E-state index contributed by atoms with van der Waals surface area (Å²) in [7, 11) is -0.930. The number of phenols is 1. The van der Waals surface area contributed by atoms with Crippen LogP contribution in [0.15, 0.2) is 78.9 Å². The number of phenolic OH excluding ortho intramolecular Hbond substituents is 1. The Labute approximate surface area is 863 Å². The van der Waals surface area contributed by atoms with Gasteiger partial charge >= 0.3 is 58.4 Å². The van der Waals surface area contributed by atoms with E-state index >= 15 is 0 Å². The highest BCUT2D eigenvalue weighted by molar-refractivity contribution is 6.46. The molecule has 8 bridgehead atoms. The van der Waals surface area contributed by atoms with Crippen molar-refractivity contribution in [2.24, 2.45) is 69.0 Å². The maximum Gasteiger partial charge on any atom is 0.457 e. The number of hydrogen-bond acceptors (Lipinski definition) is 24. The molecule has 26 nitrogen and oxygen atoms in total. The molecule has 0 aromatic heterocycles. The summed E-state index contributed by atoms with van der Waals surface area (Å²) in [4.78, 5) is 79.9. The number of rotatable bonds is 24. The number of ether oxygens (including phenoxy) is 8. The molecule has 5 aromatic carbocycles. The van der Waals surface area contributed by atoms with Crippen molar-refractivity contribution in [3.63, 3.8) is 0 Å². The van der Waals surface area contributed by atoms with E-state index in [0.29, 0.717) is 131 Å². The quantitative estimate of drug-likeness (QED) is 0.0330. The highest BCUT2D eigenvalue weighted by atomic mass is 16.7. The molecule has 0 spiro atoms. The summed E-state index contributed by atoms with van der Waals surface area (Å²) in [6.07, 6.45) is 15.2. The van der Waals surface area contributed by atoms with Crippen LogP contribution in [-0.4, -0.2) is 206 Å². The normalized spacial score (nSPS) is 30.1. The lowest BCUT2D eigenvalue weighted by molar-refractivity contribution is -0.199. The molecule has 5 aromatic rings. The molecule has 7 heterocycles. The summed E-state index contributed by atoms with van der Waals surface area (Å²) >= 11 is 0. The third-order valence-electron chi connectivity index (χ3n) is 36.4. The van der Waals surface area contributed by atoms with Crippen molar-refractivity contribution in [2.75, 3.05) is 39.3 Å². The van der Waals surface area contributed by atoms with Crippen molar-refractivity contribution in [2.45, 2.75) is 397 Å². The lowest BCUT2D eigenvalue weighted by atomic mass is 9.43. The van der Waals surface area contributed by atoms with E-state index in [0.717, 1.165) is 138 Å². The van der Waals surface area contributed by atoms with Crippen LogP contribution in [0.2, 0.25) is 25.3 Å². The van der Waals surface area contributed by atoms with Crippen molar-refractivity contribution in [3.05, 3.63) is 151 Å². The average molecular weight is 2000 g/mol. The van der Waals surface area contributed by atoms with Crippen LogP contribution in [0.3, 0.4) is 0 Å². The Bertz CT molecular complexity index is 5670. The van der Waals surface area contributed by atoms with Gasteiger partial charge in [0.2, 0.25) is 5.91 Å². The molecule has 7 aliphatic heterocycles. The van der Waals surface area contributed by atoms with Gasteiger partial charge in [-0.3, -0.25) is 4.79 Å². The van der Waals surface area contributed by atoms with Gasteiger partial charge in [0.15, 0.2) is 0 Å². The van der Waals surface area contributed by atoms with E-state index in [2.05, 4.69) is 94.5 Å². The molecule has 12 aliphatic carbocycles. The van der Waals surface area contributed by atoms with Crippen molar-refractivity contribution >= 4 is 64.4 Å². The zero-order chi connectivity index (χ0) is 105. The minimum atomic E-state index is -0.654. The molecule has 2 N–H and O–H groups in total. The molecule has 19 fully saturated rings. The third-order valence-corrected chi connectivity index (χ3v) is 36.4. The molecule has 788 valence electrons. The summed E-state index contributed by atoms with van der Waals surface area (Å²) < 4.78 is 98.8. The maximum atomic E-state index is 13.5. The second-order valence-corrected chi connectivity index (χ2v) is 51.9. The Morgan fingerprint density at radius 1 is 0.372 bits per heavy atom. The number of nitrogens with one attached hydrogen (secondary N) is 1. The van der Waals surface area contributed by atoms with E-state index in [1.54, 1.807) is 22.8 Å². The van der Waals surface area contributed by atoms with E-state index in [1.165, 1.54) is 25.7 Å². The lowest BCUT2D eigenvalue weighted by Gasteiger charge is -2.64. The van der Waals surface area contributed by atoms with Gasteiger partial charge in [0.25, 0.3) is 0 Å². The van der Waals surface area contributed by atoms with Crippen LogP contribution < -0.4 is 19.5 Å². The van der Waals surface area contributed by atoms with Crippen LogP contribution >= 0.6 is 0 Å². The van der Waals surface area contributed by atoms with E-state index in [9.17, 15) is 33.9 Å². The van der Waals surface area contributed by atoms with Crippen LogP contribution in [0.25, 0.3) is 0 Å². The van der Waals surface area contributed by atoms with E-state index in [1.807, 2.05) is 178 Å². The zero-order valence-electron chi connectivity index (χ0n) is 92.1. The molecular formula is C115H163B4N3O23. The first-order valence-corrected chi connectivity index (χ1v) is 54.0. The van der Waals surface area contributed by atoms with Gasteiger partial charge in [-0.1, -0.05) is 110 Å². The number of nitrogens with zero attached hydrogens (tertiary/aromatic N) is 2. The first-order valence-electron chi connectivity index (χ1n) is 54.0. The summed E-state index contributed by atoms with van der Waals surface area (Å²) in [5.74, 6) is 5.03. The monoisotopic (exact) mass is 2000 g/mol. The first-order chi connectivity index (χ1) is 67.6. The zero-order valence-corrected chi connectivity index (χ0v) is 92.1. The fraction of sp³-hybridized carbons (Fsp3) is 0.687. The molecular weight excluding hydrogens is 1830 g/mol. The average Bonchev–Trinajstić information content (AvgIpc) is 1.64. The molecule has 12 saturated carbocycles. The highest BCUT2D eigenvalue weighted by Crippen LogP contribution is 2.70. The number of amides is 2. The van der Waals surface area contributed by atoms with Gasteiger partial charge in [-0.15, -0.1) is 0 Å². The topological polar surface area (TPSA) is 289 Å². The number of likely N-dealkylation sites (tertiary alicyclic amines) is 2. The van der Waals surface area contributed by atoms with Crippen molar-refractivity contribution in [1.82, 2.24) is 15.1 Å². The second-order valence-electron chi connectivity index (χ2n) is 51.9. The second kappa shape index (κ2) is 39.9. The van der Waals surface area contributed by atoms with Gasteiger partial charge in [-0.05, 0) is 384 Å². The Morgan fingerprint density at radius 2 is 0.648 bits per heavy atom. The number of aryl methyl sites for hydroxylation is 4. The molecule has 145 heavy (non-hydrogen) atoms. The third kappa shape index (κ3) is 21.7. The van der Waals surface area contributed by atoms with E-state index in [4.69, 9.17) is 75.1 Å². The van der Waals surface area contributed by atoms with Crippen LogP contribution in [0, 0.1) is 96.7 Å². The SMILES string of the molecule is CC(=O)N1CC(Oc2ccc(CCB3O[C@@H]4C[C@@H]5C[C@@H](C5(C)C)[C@]4(C)O3)c(C)c2C(=O)OC(C)(C)C)C1.Cc1c(CCB2O[C@@H]3C[C@@H]4C[C@@H](C4(C)C)[C@]3(C)O2)ccc(O)c1C(=O)OC(C)(C)C.Cc1c(CCB2O[C@@H]3C[C@@H]4C[C@@H](C4(C)C)[C@]3(C)O2)ccc(OC2CN(C(=O)OCc3ccccc3)C2)c1C(=O)OC(C)(C)C.Cc1c(CCB2O[C@@H]3C[C@@H]4C[C@@H](C4(C)C)[C@]3(C)O2)ccc(OC2CNC2)c1C(=O)OC(C)(C)C. The molecule has 0 radical (unpaired) electrons. The number of benzene rings is 5. The van der Waals surface area contributed by atoms with Crippen LogP contribution in [0.1, 0.15) is 316 Å². The minimum absolute atomic E-state index is 0.0320. The van der Waals surface area contributed by atoms with Crippen molar-refractivity contribution < 1.29 is 109 Å². The Hall–Kier alpha value is -8.18. The van der Waals surface area contributed by atoms with Crippen LogP contribution in [-0.2, 0) is 98.0 Å². The fourth-order valence-corrected chi connectivity index (χ4v) is 27.2. The van der Waals surface area contributed by atoms with Crippen molar-refractivity contribution in [3.8, 4) is 23.0 Å². The smallest absolute Gasteiger partial charge is 0.457 e. The van der Waals surface area contributed by atoms with Gasteiger partial charge in [-0.25, -0.2) is 24.0 Å². The maximum absolute atomic E-state index is 13.5. The molecule has 0 unspecified atom stereocenters.